The van der Waals surface area contributed by atoms with Gasteiger partial charge in [-0.25, -0.2) is 17.8 Å². The van der Waals surface area contributed by atoms with Crippen LogP contribution < -0.4 is 20.7 Å². The van der Waals surface area contributed by atoms with E-state index in [4.69, 9.17) is 0 Å². The minimum atomic E-state index is -4.83. The van der Waals surface area contributed by atoms with Gasteiger partial charge in [0.25, 0.3) is 0 Å². The second-order valence-electron chi connectivity index (χ2n) is 9.56. The number of imidazole rings is 1. The van der Waals surface area contributed by atoms with Gasteiger partial charge in [-0.3, -0.25) is 5.01 Å². The Kier molecular flexibility index (Phi) is 7.47. The van der Waals surface area contributed by atoms with E-state index in [1.165, 1.54) is 30.3 Å². The average molecular weight is 604 g/mol. The van der Waals surface area contributed by atoms with Gasteiger partial charge < -0.3 is 19.8 Å². The number of hydrogen-bond acceptors (Lipinski definition) is 8. The van der Waals surface area contributed by atoms with Crippen LogP contribution in [0.3, 0.4) is 0 Å². The average Bonchev–Trinajstić information content (AvgIpc) is 3.52. The number of hydrogen-bond donors (Lipinski definition) is 3. The maximum Gasteiger partial charge on any atom is 0.573 e. The molecule has 1 aromatic heterocycles. The Labute approximate surface area is 238 Å². The molecule has 0 bridgehead atoms. The zero-order valence-corrected chi connectivity index (χ0v) is 23.3. The molecule has 0 unspecified atom stereocenters. The van der Waals surface area contributed by atoms with Gasteiger partial charge in [0.1, 0.15) is 17.4 Å². The Morgan fingerprint density at radius 2 is 1.67 bits per heavy atom. The fourth-order valence-electron chi connectivity index (χ4n) is 4.73. The van der Waals surface area contributed by atoms with Crippen LogP contribution >= 0.6 is 0 Å². The minimum absolute atomic E-state index is 0.253. The number of alkyl halides is 3. The van der Waals surface area contributed by atoms with Crippen LogP contribution in [0, 0.1) is 19.7 Å². The summed E-state index contributed by atoms with van der Waals surface area (Å²) in [6.45, 7) is 2.86. The predicted octanol–water partition coefficient (Wildman–Crippen LogP) is 4.92. The van der Waals surface area contributed by atoms with Crippen molar-refractivity contribution in [2.75, 3.05) is 11.3 Å². The summed E-state index contributed by atoms with van der Waals surface area (Å²) in [4.78, 5) is 4.14. The summed E-state index contributed by atoms with van der Waals surface area (Å²) in [7, 11) is -3.87. The van der Waals surface area contributed by atoms with Gasteiger partial charge in [0.2, 0.25) is 0 Å². The van der Waals surface area contributed by atoms with E-state index in [9.17, 15) is 31.1 Å². The normalized spacial score (nSPS) is 13.7. The monoisotopic (exact) mass is 603 g/mol. The van der Waals surface area contributed by atoms with Crippen LogP contribution in [-0.4, -0.2) is 35.7 Å². The Morgan fingerprint density at radius 1 is 0.976 bits per heavy atom. The number of hydrazine groups is 2. The SMILES string of the molecule is Cc1cn(-c2ccc(-c3cc(F)c(CO)c(S(C)(=O)=O)c3)cc2N2NNC=C2c2ccc(OC(F)(F)F)cc2)c(C)n1. The van der Waals surface area contributed by atoms with Crippen molar-refractivity contribution in [3.05, 3.63) is 95.5 Å². The largest absolute Gasteiger partial charge is 0.573 e. The van der Waals surface area contributed by atoms with Crippen molar-refractivity contribution in [2.24, 2.45) is 0 Å². The summed E-state index contributed by atoms with van der Waals surface area (Å²) in [5.74, 6) is -0.574. The van der Waals surface area contributed by atoms with Gasteiger partial charge in [-0.2, -0.15) is 0 Å². The number of aliphatic hydroxyl groups excluding tert-OH is 1. The Balaban J connectivity index is 1.64. The molecule has 0 radical (unpaired) electrons. The number of ether oxygens (including phenoxy) is 1. The maximum atomic E-state index is 15.0. The molecule has 0 spiro atoms. The first-order chi connectivity index (χ1) is 19.7. The summed E-state index contributed by atoms with van der Waals surface area (Å²) in [6, 6.07) is 12.9. The highest BCUT2D eigenvalue weighted by Crippen LogP contribution is 2.37. The van der Waals surface area contributed by atoms with Gasteiger partial charge in [-0.05, 0) is 73.5 Å². The van der Waals surface area contributed by atoms with Gasteiger partial charge >= 0.3 is 6.36 Å². The second kappa shape index (κ2) is 10.8. The molecule has 4 aromatic rings. The first kappa shape index (κ1) is 29.1. The van der Waals surface area contributed by atoms with Crippen LogP contribution in [0.25, 0.3) is 22.5 Å². The standard InChI is InChI=1S/C28H25F4N5O4S/c1-16-14-36(17(2)34-16)24-9-6-19(20-10-23(29)22(15-38)27(12-20)42(3,39)40)11-25(24)37-26(13-33-35-37)18-4-7-21(8-5-18)41-28(30,31)32/h4-14,33,35,38H,15H2,1-3H3. The van der Waals surface area contributed by atoms with Crippen LogP contribution in [0.5, 0.6) is 5.75 Å². The van der Waals surface area contributed by atoms with E-state index >= 15 is 0 Å². The Bertz CT molecular complexity index is 1800. The zero-order chi connectivity index (χ0) is 30.4. The highest BCUT2D eigenvalue weighted by Gasteiger charge is 2.31. The molecule has 0 atom stereocenters. The Morgan fingerprint density at radius 3 is 2.26 bits per heavy atom. The van der Waals surface area contributed by atoms with E-state index in [2.05, 4.69) is 20.7 Å². The molecular formula is C28H25F4N5O4S. The molecule has 14 heteroatoms. The van der Waals surface area contributed by atoms with Gasteiger partial charge in [0.15, 0.2) is 9.84 Å². The van der Waals surface area contributed by atoms with Crippen LogP contribution in [-0.2, 0) is 16.4 Å². The topological polar surface area (TPSA) is 109 Å². The molecule has 0 fully saturated rings. The number of rotatable bonds is 7. The van der Waals surface area contributed by atoms with E-state index < -0.39 is 28.6 Å². The Hall–Kier alpha value is -4.40. The lowest BCUT2D eigenvalue weighted by molar-refractivity contribution is -0.274. The molecule has 0 amide bonds. The third kappa shape index (κ3) is 5.82. The van der Waals surface area contributed by atoms with E-state index in [1.54, 1.807) is 29.4 Å². The smallest absolute Gasteiger partial charge is 0.406 e. The lowest BCUT2D eigenvalue weighted by Gasteiger charge is -2.26. The molecule has 1 aliphatic rings. The first-order valence-corrected chi connectivity index (χ1v) is 14.3. The summed E-state index contributed by atoms with van der Waals surface area (Å²) in [5.41, 5.74) is 9.26. The van der Waals surface area contributed by atoms with E-state index in [1.807, 2.05) is 24.6 Å². The molecule has 0 saturated carbocycles. The number of aromatic nitrogens is 2. The first-order valence-electron chi connectivity index (χ1n) is 12.4. The zero-order valence-electron chi connectivity index (χ0n) is 22.5. The van der Waals surface area contributed by atoms with Gasteiger partial charge in [0, 0.05) is 29.8 Å². The van der Waals surface area contributed by atoms with E-state index in [0.29, 0.717) is 34.0 Å². The summed E-state index contributed by atoms with van der Waals surface area (Å²) in [5, 5.41) is 11.2. The summed E-state index contributed by atoms with van der Waals surface area (Å²) < 4.78 is 83.6. The molecule has 2 heterocycles. The molecule has 3 aromatic carbocycles. The quantitative estimate of drug-likeness (QED) is 0.256. The van der Waals surface area contributed by atoms with Crippen molar-refractivity contribution in [1.29, 1.82) is 0 Å². The van der Waals surface area contributed by atoms with Crippen molar-refractivity contribution in [1.82, 2.24) is 20.5 Å². The number of aliphatic hydroxyl groups is 1. The molecule has 42 heavy (non-hydrogen) atoms. The molecule has 0 saturated heterocycles. The fourth-order valence-corrected chi connectivity index (χ4v) is 5.68. The minimum Gasteiger partial charge on any atom is -0.406 e. The van der Waals surface area contributed by atoms with Crippen molar-refractivity contribution in [3.63, 3.8) is 0 Å². The van der Waals surface area contributed by atoms with Gasteiger partial charge in [0.05, 0.1) is 34.3 Å². The van der Waals surface area contributed by atoms with Crippen molar-refractivity contribution < 1.29 is 35.8 Å². The molecule has 3 N–H and O–H groups in total. The lowest BCUT2D eigenvalue weighted by atomic mass is 10.0. The molecule has 1 aliphatic heterocycles. The number of benzene rings is 3. The van der Waals surface area contributed by atoms with Crippen molar-refractivity contribution in [3.8, 4) is 22.6 Å². The van der Waals surface area contributed by atoms with Crippen molar-refractivity contribution >= 4 is 21.2 Å². The van der Waals surface area contributed by atoms with E-state index in [-0.39, 0.29) is 21.8 Å². The van der Waals surface area contributed by atoms with Crippen LogP contribution in [0.15, 0.2) is 71.9 Å². The fraction of sp³-hybridized carbons (Fsp3) is 0.179. The molecule has 220 valence electrons. The number of nitrogens with one attached hydrogen (secondary N) is 2. The lowest BCUT2D eigenvalue weighted by Crippen LogP contribution is -2.37. The van der Waals surface area contributed by atoms with Crippen LogP contribution in [0.2, 0.25) is 0 Å². The second-order valence-corrected chi connectivity index (χ2v) is 11.5. The summed E-state index contributed by atoms with van der Waals surface area (Å²) in [6.07, 6.45) is -0.461. The molecule has 0 aliphatic carbocycles. The number of nitrogens with zero attached hydrogens (tertiary/aromatic N) is 3. The van der Waals surface area contributed by atoms with Crippen LogP contribution in [0.1, 0.15) is 22.6 Å². The third-order valence-corrected chi connectivity index (χ3v) is 7.70. The maximum absolute atomic E-state index is 15.0. The number of aryl methyl sites for hydroxylation is 2. The summed E-state index contributed by atoms with van der Waals surface area (Å²) >= 11 is 0. The number of anilines is 1. The number of sulfone groups is 1. The highest BCUT2D eigenvalue weighted by atomic mass is 32.2. The van der Waals surface area contributed by atoms with Gasteiger partial charge in [-0.15, -0.1) is 18.7 Å². The number of halogens is 4. The van der Waals surface area contributed by atoms with E-state index in [0.717, 1.165) is 18.0 Å². The molecular weight excluding hydrogens is 578 g/mol. The van der Waals surface area contributed by atoms with Crippen LogP contribution in [0.4, 0.5) is 23.2 Å². The van der Waals surface area contributed by atoms with Gasteiger partial charge in [-0.1, -0.05) is 6.07 Å². The third-order valence-electron chi connectivity index (χ3n) is 6.53. The highest BCUT2D eigenvalue weighted by molar-refractivity contribution is 7.90. The molecule has 9 nitrogen and oxygen atoms in total. The van der Waals surface area contributed by atoms with Crippen molar-refractivity contribution in [2.45, 2.75) is 31.7 Å². The predicted molar refractivity (Wildman–Crippen MR) is 147 cm³/mol. The molecule has 5 rings (SSSR count).